The van der Waals surface area contributed by atoms with Crippen LogP contribution >= 0.6 is 20.1 Å². The Hall–Kier alpha value is -2.63. The van der Waals surface area contributed by atoms with E-state index in [1.54, 1.807) is 27.4 Å². The van der Waals surface area contributed by atoms with Crippen LogP contribution in [0.2, 0.25) is 0 Å². The number of hydrogen-bond donors (Lipinski definition) is 2. The largest absolute Gasteiger partial charge is 0.455 e. The number of esters is 1. The number of anilines is 2. The number of carbonyl (C=O) groups is 2. The zero-order chi connectivity index (χ0) is 25.8. The maximum absolute atomic E-state index is 14.8. The third-order valence-electron chi connectivity index (χ3n) is 4.61. The van der Waals surface area contributed by atoms with Crippen LogP contribution in [0.15, 0.2) is 33.6 Å². The number of rotatable bonds is 9. The van der Waals surface area contributed by atoms with E-state index in [0.717, 1.165) is 33.9 Å². The highest BCUT2D eigenvalue weighted by atomic mass is 32.2. The first-order valence-corrected chi connectivity index (χ1v) is 14.4. The second-order valence-electron chi connectivity index (χ2n) is 8.45. The number of nitrogens with zero attached hydrogens (tertiary/aromatic N) is 3. The van der Waals surface area contributed by atoms with Crippen LogP contribution in [0.25, 0.3) is 0 Å². The predicted molar refractivity (Wildman–Crippen MR) is 136 cm³/mol. The van der Waals surface area contributed by atoms with Crippen molar-refractivity contribution in [3.05, 3.63) is 35.2 Å². The van der Waals surface area contributed by atoms with Crippen LogP contribution in [0.3, 0.4) is 0 Å². The van der Waals surface area contributed by atoms with Gasteiger partial charge in [0.2, 0.25) is 5.91 Å². The summed E-state index contributed by atoms with van der Waals surface area (Å²) in [5, 5.41) is 5.59. The van der Waals surface area contributed by atoms with E-state index in [-0.39, 0.29) is 36.4 Å². The molecule has 0 radical (unpaired) electrons. The molecule has 10 nitrogen and oxygen atoms in total. The zero-order valence-corrected chi connectivity index (χ0v) is 22.3. The molecule has 1 aliphatic rings. The van der Waals surface area contributed by atoms with Crippen LogP contribution in [-0.2, 0) is 19.6 Å². The number of carbonyl (C=O) groups excluding carboxylic acids is 2. The van der Waals surface area contributed by atoms with E-state index in [1.165, 1.54) is 17.6 Å². The Balaban J connectivity index is 1.79. The van der Waals surface area contributed by atoms with E-state index in [9.17, 15) is 22.4 Å². The van der Waals surface area contributed by atoms with Gasteiger partial charge in [-0.05, 0) is 54.4 Å². The molecule has 2 aromatic rings. The van der Waals surface area contributed by atoms with Crippen molar-refractivity contribution < 1.29 is 27.1 Å². The van der Waals surface area contributed by atoms with Crippen molar-refractivity contribution in [2.45, 2.75) is 44.1 Å². The molecule has 14 heteroatoms. The first kappa shape index (κ1) is 27.0. The molecule has 1 unspecified atom stereocenters. The number of sulfonamides is 1. The number of amidine groups is 1. The Morgan fingerprint density at radius 1 is 1.34 bits per heavy atom. The number of halogens is 1. The second-order valence-corrected chi connectivity index (χ2v) is 12.3. The number of ether oxygens (including phenoxy) is 1. The molecule has 1 aromatic carbocycles. The average Bonchev–Trinajstić information content (AvgIpc) is 3.45. The molecule has 190 valence electrons. The summed E-state index contributed by atoms with van der Waals surface area (Å²) in [7, 11) is -4.54. The topological polar surface area (TPSA) is 130 Å². The van der Waals surface area contributed by atoms with Crippen molar-refractivity contribution >= 4 is 58.5 Å². The van der Waals surface area contributed by atoms with Crippen LogP contribution in [0.5, 0.6) is 0 Å². The fraction of sp³-hybridized carbons (Fsp3) is 0.429. The lowest BCUT2D eigenvalue weighted by Crippen LogP contribution is -2.27. The molecule has 0 bridgehead atoms. The van der Waals surface area contributed by atoms with Gasteiger partial charge in [0.25, 0.3) is 10.0 Å². The maximum Gasteiger partial charge on any atom is 0.360 e. The number of benzene rings is 1. The van der Waals surface area contributed by atoms with Crippen molar-refractivity contribution in [3.8, 4) is 0 Å². The van der Waals surface area contributed by atoms with Gasteiger partial charge < -0.3 is 15.4 Å². The van der Waals surface area contributed by atoms with Crippen molar-refractivity contribution in [2.24, 2.45) is 4.99 Å². The van der Waals surface area contributed by atoms with Gasteiger partial charge in [-0.25, -0.2) is 26.7 Å². The normalized spacial score (nSPS) is 14.0. The summed E-state index contributed by atoms with van der Waals surface area (Å²) in [5.74, 6) is -1.34. The van der Waals surface area contributed by atoms with Gasteiger partial charge in [-0.2, -0.15) is 0 Å². The second kappa shape index (κ2) is 11.0. The van der Waals surface area contributed by atoms with Crippen LogP contribution < -0.4 is 14.7 Å². The highest BCUT2D eigenvalue weighted by Gasteiger charge is 2.32. The fourth-order valence-electron chi connectivity index (χ4n) is 3.10. The monoisotopic (exact) mass is 543 g/mol. The molecule has 35 heavy (non-hydrogen) atoms. The Bertz CT molecular complexity index is 1240. The number of aliphatic imine (C=N–C) groups is 1. The number of thiazole rings is 1. The lowest BCUT2D eigenvalue weighted by molar-refractivity contribution is -0.116. The van der Waals surface area contributed by atoms with E-state index in [1.807, 2.05) is 0 Å². The molecule has 1 aliphatic heterocycles. The molecule has 0 aliphatic carbocycles. The van der Waals surface area contributed by atoms with Crippen LogP contribution in [0, 0.1) is 5.82 Å². The van der Waals surface area contributed by atoms with Gasteiger partial charge in [0.15, 0.2) is 5.69 Å². The van der Waals surface area contributed by atoms with Crippen molar-refractivity contribution in [3.63, 3.8) is 0 Å². The van der Waals surface area contributed by atoms with Gasteiger partial charge in [0.1, 0.15) is 16.4 Å². The SMILES string of the molecule is CPN(c1scnc1C(=O)OC(C)(C)C)S(=O)(=O)c1ccc(NC(=O)CCC2=NCCN2)c(F)c1. The van der Waals surface area contributed by atoms with Gasteiger partial charge in [0, 0.05) is 19.4 Å². The summed E-state index contributed by atoms with van der Waals surface area (Å²) in [6.07, 6.45) is 0.510. The Morgan fingerprint density at radius 2 is 2.09 bits per heavy atom. The predicted octanol–water partition coefficient (Wildman–Crippen LogP) is 3.38. The van der Waals surface area contributed by atoms with Gasteiger partial charge in [-0.1, -0.05) is 0 Å². The molecule has 0 saturated heterocycles. The van der Waals surface area contributed by atoms with E-state index in [2.05, 4.69) is 20.6 Å². The zero-order valence-electron chi connectivity index (χ0n) is 19.7. The molecule has 1 aromatic heterocycles. The maximum atomic E-state index is 14.8. The molecular formula is C21H27FN5O5PS2. The van der Waals surface area contributed by atoms with E-state index in [4.69, 9.17) is 4.74 Å². The Kier molecular flexibility index (Phi) is 8.45. The van der Waals surface area contributed by atoms with E-state index >= 15 is 0 Å². The van der Waals surface area contributed by atoms with Gasteiger partial charge in [-0.3, -0.25) is 9.79 Å². The van der Waals surface area contributed by atoms with E-state index < -0.39 is 33.3 Å². The summed E-state index contributed by atoms with van der Waals surface area (Å²) in [6, 6.07) is 3.25. The molecular weight excluding hydrogens is 516 g/mol. The Morgan fingerprint density at radius 3 is 2.69 bits per heavy atom. The van der Waals surface area contributed by atoms with Gasteiger partial charge >= 0.3 is 5.97 Å². The Labute approximate surface area is 209 Å². The van der Waals surface area contributed by atoms with Crippen LogP contribution in [-0.4, -0.2) is 56.5 Å². The van der Waals surface area contributed by atoms with Crippen molar-refractivity contribution in [1.82, 2.24) is 10.3 Å². The summed E-state index contributed by atoms with van der Waals surface area (Å²) >= 11 is 0.966. The number of hydrogen-bond acceptors (Lipinski definition) is 9. The molecule has 3 rings (SSSR count). The van der Waals surface area contributed by atoms with Crippen LogP contribution in [0.1, 0.15) is 44.1 Å². The lowest BCUT2D eigenvalue weighted by atomic mass is 10.2. The fourth-order valence-corrected chi connectivity index (χ4v) is 7.15. The molecule has 2 N–H and O–H groups in total. The lowest BCUT2D eigenvalue weighted by Gasteiger charge is -2.23. The number of nitrogens with one attached hydrogen (secondary N) is 2. The molecule has 1 atom stereocenters. The van der Waals surface area contributed by atoms with Crippen molar-refractivity contribution in [1.29, 1.82) is 0 Å². The van der Waals surface area contributed by atoms with Crippen LogP contribution in [0.4, 0.5) is 15.1 Å². The minimum Gasteiger partial charge on any atom is -0.455 e. The smallest absolute Gasteiger partial charge is 0.360 e. The summed E-state index contributed by atoms with van der Waals surface area (Å²) < 4.78 is 47.8. The molecule has 0 spiro atoms. The molecule has 1 amide bonds. The van der Waals surface area contributed by atoms with Gasteiger partial charge in [0.05, 0.1) is 28.5 Å². The molecule has 0 fully saturated rings. The minimum absolute atomic E-state index is 0.0845. The van der Waals surface area contributed by atoms with E-state index in [0.29, 0.717) is 13.0 Å². The number of aromatic nitrogens is 1. The molecule has 0 saturated carbocycles. The summed E-state index contributed by atoms with van der Waals surface area (Å²) in [4.78, 5) is 32.6. The first-order chi connectivity index (χ1) is 16.4. The third-order valence-corrected chi connectivity index (χ3v) is 9.11. The summed E-state index contributed by atoms with van der Waals surface area (Å²) in [6.45, 7) is 8.09. The highest BCUT2D eigenvalue weighted by molar-refractivity contribution is 7.98. The van der Waals surface area contributed by atoms with Gasteiger partial charge in [-0.15, -0.1) is 11.3 Å². The molecule has 2 heterocycles. The minimum atomic E-state index is -4.23. The first-order valence-electron chi connectivity index (χ1n) is 10.7. The van der Waals surface area contributed by atoms with Crippen molar-refractivity contribution in [2.75, 3.05) is 29.1 Å². The number of amides is 1. The highest BCUT2D eigenvalue weighted by Crippen LogP contribution is 2.38. The summed E-state index contributed by atoms with van der Waals surface area (Å²) in [5.41, 5.74) is 0.297. The quantitative estimate of drug-likeness (QED) is 0.366. The average molecular weight is 544 g/mol. The third kappa shape index (κ3) is 6.74. The standard InChI is InChI=1S/C21H27FN5O5PS2/c1-21(2,3)32-20(29)18-19(34-12-25-18)27(33-4)35(30,31)13-5-6-15(14(22)11-13)26-17(28)8-7-16-23-9-10-24-16/h5-6,11-12,33H,7-10H2,1-4H3,(H,23,24)(H,26,28).